The van der Waals surface area contributed by atoms with Gasteiger partial charge in [0.1, 0.15) is 41.5 Å². The predicted octanol–water partition coefficient (Wildman–Crippen LogP) is 5.10. The summed E-state index contributed by atoms with van der Waals surface area (Å²) >= 11 is 1.49. The number of hydrogen-bond acceptors (Lipinski definition) is 10. The zero-order valence-electron chi connectivity index (χ0n) is 27.3. The smallest absolute Gasteiger partial charge is 0.408 e. The number of amides is 3. The summed E-state index contributed by atoms with van der Waals surface area (Å²) in [6, 6.07) is 5.71. The number of methoxy groups -OCH3 is 1. The van der Waals surface area contributed by atoms with Gasteiger partial charge < -0.3 is 35.5 Å². The topological polar surface area (TPSA) is 158 Å². The first-order chi connectivity index (χ1) is 21.8. The molecule has 13 heteroatoms. The summed E-state index contributed by atoms with van der Waals surface area (Å²) in [6.45, 7) is 9.76. The lowest BCUT2D eigenvalue weighted by Gasteiger charge is -2.34. The van der Waals surface area contributed by atoms with Crippen LogP contribution in [-0.2, 0) is 14.3 Å². The molecule has 12 nitrogen and oxygen atoms in total. The van der Waals surface area contributed by atoms with Crippen molar-refractivity contribution >= 4 is 45.3 Å². The Balaban J connectivity index is 1.41. The Morgan fingerprint density at radius 1 is 1.07 bits per heavy atom. The maximum atomic E-state index is 14.0. The summed E-state index contributed by atoms with van der Waals surface area (Å²) in [5.41, 5.74) is 7.10. The second kappa shape index (κ2) is 13.7. The van der Waals surface area contributed by atoms with Gasteiger partial charge in [0.2, 0.25) is 11.8 Å². The lowest BCUT2D eigenvalue weighted by Crippen LogP contribution is -2.57. The van der Waals surface area contributed by atoms with Gasteiger partial charge in [-0.1, -0.05) is 20.8 Å². The summed E-state index contributed by atoms with van der Waals surface area (Å²) in [5, 5.41) is 9.55. The van der Waals surface area contributed by atoms with Crippen LogP contribution in [0, 0.1) is 5.41 Å². The normalized spacial score (nSPS) is 19.3. The van der Waals surface area contributed by atoms with Crippen LogP contribution >= 0.6 is 11.3 Å². The van der Waals surface area contributed by atoms with Gasteiger partial charge in [0.15, 0.2) is 5.13 Å². The van der Waals surface area contributed by atoms with E-state index in [1.54, 1.807) is 7.11 Å². The van der Waals surface area contributed by atoms with E-state index in [9.17, 15) is 14.4 Å². The molecule has 248 valence electrons. The Morgan fingerprint density at radius 3 is 2.46 bits per heavy atom. The fraction of sp³-hybridized carbons (Fsp3) is 0.545. The second-order valence-corrected chi connectivity index (χ2v) is 14.2. The van der Waals surface area contributed by atoms with E-state index < -0.39 is 41.5 Å². The molecule has 5 rings (SSSR count). The molecule has 1 aliphatic heterocycles. The maximum Gasteiger partial charge on any atom is 0.408 e. The number of thiazole rings is 1. The van der Waals surface area contributed by atoms with Crippen LogP contribution in [0.1, 0.15) is 66.7 Å². The third-order valence-electron chi connectivity index (χ3n) is 8.28. The number of benzene rings is 1. The summed E-state index contributed by atoms with van der Waals surface area (Å²) in [5.74, 6) is 0.117. The molecule has 0 radical (unpaired) electrons. The van der Waals surface area contributed by atoms with Gasteiger partial charge in [-0.2, -0.15) is 0 Å². The van der Waals surface area contributed by atoms with Crippen LogP contribution in [0.3, 0.4) is 0 Å². The lowest BCUT2D eigenvalue weighted by molar-refractivity contribution is -0.141. The number of aromatic nitrogens is 2. The van der Waals surface area contributed by atoms with Crippen molar-refractivity contribution in [3.63, 3.8) is 0 Å². The average molecular weight is 653 g/mol. The van der Waals surface area contributed by atoms with Crippen LogP contribution < -0.4 is 25.8 Å². The molecule has 46 heavy (non-hydrogen) atoms. The minimum Gasteiger partial charge on any atom is -0.497 e. The monoisotopic (exact) mass is 652 g/mol. The van der Waals surface area contributed by atoms with E-state index in [-0.39, 0.29) is 25.1 Å². The fourth-order valence-electron chi connectivity index (χ4n) is 5.94. The molecule has 3 heterocycles. The fourth-order valence-corrected chi connectivity index (χ4v) is 6.79. The average Bonchev–Trinajstić information content (AvgIpc) is 3.76. The van der Waals surface area contributed by atoms with Crippen LogP contribution in [0.5, 0.6) is 11.5 Å². The number of rotatable bonds is 10. The molecule has 2 fully saturated rings. The van der Waals surface area contributed by atoms with Gasteiger partial charge in [-0.15, -0.1) is 11.3 Å². The number of ether oxygens (including phenoxy) is 3. The molecule has 2 aromatic heterocycles. The number of carbonyl (C=O) groups excluding carboxylic acids is 3. The van der Waals surface area contributed by atoms with Crippen molar-refractivity contribution in [1.82, 2.24) is 20.2 Å². The van der Waals surface area contributed by atoms with E-state index in [1.165, 1.54) is 16.2 Å². The van der Waals surface area contributed by atoms with Crippen molar-refractivity contribution in [2.45, 2.75) is 97.1 Å². The minimum atomic E-state index is -0.943. The van der Waals surface area contributed by atoms with Crippen LogP contribution in [0.25, 0.3) is 22.3 Å². The number of anilines is 1. The van der Waals surface area contributed by atoms with Gasteiger partial charge in [-0.25, -0.2) is 14.8 Å². The largest absolute Gasteiger partial charge is 0.497 e. The molecule has 2 unspecified atom stereocenters. The van der Waals surface area contributed by atoms with Gasteiger partial charge in [0, 0.05) is 35.4 Å². The van der Waals surface area contributed by atoms with Crippen LogP contribution in [0.15, 0.2) is 29.6 Å². The third-order valence-corrected chi connectivity index (χ3v) is 9.05. The molecule has 3 atom stereocenters. The third kappa shape index (κ3) is 7.63. The van der Waals surface area contributed by atoms with Crippen LogP contribution in [0.4, 0.5) is 9.93 Å². The van der Waals surface area contributed by atoms with E-state index >= 15 is 0 Å². The van der Waals surface area contributed by atoms with Crippen molar-refractivity contribution in [1.29, 1.82) is 0 Å². The Hall–Kier alpha value is -4.13. The summed E-state index contributed by atoms with van der Waals surface area (Å²) in [4.78, 5) is 50.5. The number of carbonyl (C=O) groups is 3. The van der Waals surface area contributed by atoms with Crippen molar-refractivity contribution in [3.05, 3.63) is 29.6 Å². The van der Waals surface area contributed by atoms with Crippen molar-refractivity contribution < 1.29 is 28.6 Å². The molecule has 3 amide bonds. The Kier molecular flexibility index (Phi) is 9.90. The molecule has 2 aliphatic rings. The number of pyridine rings is 1. The van der Waals surface area contributed by atoms with Gasteiger partial charge in [-0.3, -0.25) is 9.59 Å². The van der Waals surface area contributed by atoms with E-state index in [2.05, 4.69) is 10.6 Å². The van der Waals surface area contributed by atoms with E-state index in [0.717, 1.165) is 36.2 Å². The SMILES string of the molecule is COc1ccc2c(OC3CC(C(N)=O)N(C(=O)[C@@H](NC(=O)OC4CCCC4)C(C)(C)C)C3)cc(-c3csc(NC(C)C)n3)nc2c1. The molecular formula is C33H44N6O6S. The summed E-state index contributed by atoms with van der Waals surface area (Å²) < 4.78 is 17.6. The Morgan fingerprint density at radius 2 is 1.80 bits per heavy atom. The number of nitrogens with one attached hydrogen (secondary N) is 2. The number of alkyl carbamates (subject to hydrolysis) is 1. The number of likely N-dealkylation sites (tertiary alicyclic amines) is 1. The molecule has 1 saturated heterocycles. The number of hydrogen-bond donors (Lipinski definition) is 3. The lowest BCUT2D eigenvalue weighted by atomic mass is 9.85. The van der Waals surface area contributed by atoms with E-state index in [4.69, 9.17) is 29.9 Å². The second-order valence-electron chi connectivity index (χ2n) is 13.4. The molecule has 1 aromatic carbocycles. The highest BCUT2D eigenvalue weighted by molar-refractivity contribution is 7.14. The van der Waals surface area contributed by atoms with E-state index in [0.29, 0.717) is 28.4 Å². The zero-order chi connectivity index (χ0) is 33.2. The number of nitrogens with zero attached hydrogens (tertiary/aromatic N) is 3. The molecular weight excluding hydrogens is 608 g/mol. The highest BCUT2D eigenvalue weighted by Crippen LogP contribution is 2.36. The molecule has 3 aromatic rings. The van der Waals surface area contributed by atoms with Gasteiger partial charge in [0.25, 0.3) is 0 Å². The van der Waals surface area contributed by atoms with Crippen LogP contribution in [-0.4, -0.2) is 76.8 Å². The predicted molar refractivity (Wildman–Crippen MR) is 177 cm³/mol. The molecule has 0 spiro atoms. The van der Waals surface area contributed by atoms with Gasteiger partial charge >= 0.3 is 6.09 Å². The standard InChI is InChI=1S/C33H44N6O6S/c1-18(2)35-31-37-25(17-46-31)24-15-27(22-12-11-20(43-6)13-23(22)36-24)44-21-14-26(29(34)40)39(16-21)30(41)28(33(3,4)5)38-32(42)45-19-9-7-8-10-19/h11-13,15,17-19,21,26,28H,7-10,14,16H2,1-6H3,(H2,34,40)(H,35,37)(H,38,42)/t21?,26?,28-/m1/s1. The van der Waals surface area contributed by atoms with Gasteiger partial charge in [-0.05, 0) is 57.1 Å². The number of primary amides is 1. The zero-order valence-corrected chi connectivity index (χ0v) is 28.1. The molecule has 1 saturated carbocycles. The first kappa shape index (κ1) is 33.2. The molecule has 1 aliphatic carbocycles. The summed E-state index contributed by atoms with van der Waals surface area (Å²) in [7, 11) is 1.59. The highest BCUT2D eigenvalue weighted by Gasteiger charge is 2.45. The maximum absolute atomic E-state index is 14.0. The van der Waals surface area contributed by atoms with E-state index in [1.807, 2.05) is 64.3 Å². The van der Waals surface area contributed by atoms with Gasteiger partial charge in [0.05, 0.1) is 24.9 Å². The summed E-state index contributed by atoms with van der Waals surface area (Å²) in [6.07, 6.45) is 2.50. The number of nitrogens with two attached hydrogens (primary N) is 1. The minimum absolute atomic E-state index is 0.104. The molecule has 0 bridgehead atoms. The van der Waals surface area contributed by atoms with Crippen LogP contribution in [0.2, 0.25) is 0 Å². The molecule has 4 N–H and O–H groups in total. The van der Waals surface area contributed by atoms with Crippen molar-refractivity contribution in [3.8, 4) is 22.9 Å². The highest BCUT2D eigenvalue weighted by atomic mass is 32.1. The van der Waals surface area contributed by atoms with Crippen molar-refractivity contribution in [2.75, 3.05) is 19.0 Å². The van der Waals surface area contributed by atoms with Crippen molar-refractivity contribution in [2.24, 2.45) is 11.1 Å². The first-order valence-corrected chi connectivity index (χ1v) is 16.6. The quantitative estimate of drug-likeness (QED) is 0.271. The Labute approximate surface area is 273 Å². The number of fused-ring (bicyclic) bond motifs is 1. The first-order valence-electron chi connectivity index (χ1n) is 15.8. The Bertz CT molecular complexity index is 1580.